The molecule has 0 saturated carbocycles. The number of likely N-dealkylation sites (N-methyl/N-ethyl adjacent to an activating group) is 1. The molecule has 2 unspecified atom stereocenters. The molecule has 0 aliphatic carbocycles. The molecule has 0 bridgehead atoms. The van der Waals surface area contributed by atoms with Crippen LogP contribution in [0.1, 0.15) is 13.8 Å². The zero-order valence-corrected chi connectivity index (χ0v) is 7.76. The van der Waals surface area contributed by atoms with Crippen molar-refractivity contribution in [3.63, 3.8) is 0 Å². The quantitative estimate of drug-likeness (QED) is 0.534. The summed E-state index contributed by atoms with van der Waals surface area (Å²) in [6, 6.07) is 0.277. The highest BCUT2D eigenvalue weighted by atomic mass is 15.1. The van der Waals surface area contributed by atoms with E-state index in [9.17, 15) is 0 Å². The van der Waals surface area contributed by atoms with Gasteiger partial charge < -0.3 is 16.4 Å². The molecule has 1 aliphatic heterocycles. The van der Waals surface area contributed by atoms with Crippen LogP contribution in [0.5, 0.6) is 0 Å². The molecule has 4 nitrogen and oxygen atoms in total. The first-order valence-electron chi connectivity index (χ1n) is 4.04. The molecule has 68 valence electrons. The third-order valence-electron chi connectivity index (χ3n) is 1.92. The van der Waals surface area contributed by atoms with E-state index in [0.29, 0.717) is 0 Å². The second-order valence-electron chi connectivity index (χ2n) is 3.24. The van der Waals surface area contributed by atoms with Crippen LogP contribution in [0.4, 0.5) is 0 Å². The summed E-state index contributed by atoms with van der Waals surface area (Å²) in [5, 5.41) is 6.18. The lowest BCUT2D eigenvalue weighted by molar-refractivity contribution is 0.573. The smallest absolute Gasteiger partial charge is 0.127 e. The predicted molar refractivity (Wildman–Crippen MR) is 50.8 cm³/mol. The summed E-state index contributed by atoms with van der Waals surface area (Å²) in [5.41, 5.74) is 6.32. The Morgan fingerprint density at radius 3 is 2.92 bits per heavy atom. The third-order valence-corrected chi connectivity index (χ3v) is 1.92. The van der Waals surface area contributed by atoms with Gasteiger partial charge in [-0.25, -0.2) is 4.99 Å². The molecule has 0 aromatic rings. The van der Waals surface area contributed by atoms with Crippen molar-refractivity contribution in [1.29, 1.82) is 0 Å². The molecule has 0 spiro atoms. The van der Waals surface area contributed by atoms with Crippen LogP contribution >= 0.6 is 0 Å². The van der Waals surface area contributed by atoms with E-state index < -0.39 is 5.66 Å². The van der Waals surface area contributed by atoms with Crippen molar-refractivity contribution < 1.29 is 0 Å². The Morgan fingerprint density at radius 1 is 1.75 bits per heavy atom. The van der Waals surface area contributed by atoms with Gasteiger partial charge in [-0.1, -0.05) is 0 Å². The topological polar surface area (TPSA) is 62.4 Å². The van der Waals surface area contributed by atoms with Crippen molar-refractivity contribution in [3.05, 3.63) is 11.8 Å². The van der Waals surface area contributed by atoms with Crippen LogP contribution in [0.15, 0.2) is 16.8 Å². The van der Waals surface area contributed by atoms with Crippen LogP contribution in [-0.4, -0.2) is 25.1 Å². The maximum atomic E-state index is 5.82. The molecule has 1 heterocycles. The number of rotatable bonds is 2. The highest BCUT2D eigenvalue weighted by Gasteiger charge is 2.19. The maximum Gasteiger partial charge on any atom is 0.127 e. The molecule has 0 aromatic carbocycles. The molecule has 0 radical (unpaired) electrons. The van der Waals surface area contributed by atoms with Crippen molar-refractivity contribution in [1.82, 2.24) is 10.6 Å². The highest BCUT2D eigenvalue weighted by molar-refractivity contribution is 5.61. The molecule has 1 rings (SSSR count). The van der Waals surface area contributed by atoms with Crippen LogP contribution in [0.25, 0.3) is 0 Å². The molecule has 12 heavy (non-hydrogen) atoms. The van der Waals surface area contributed by atoms with Crippen molar-refractivity contribution >= 4 is 6.34 Å². The number of nitrogens with two attached hydrogens (primary N) is 1. The first kappa shape index (κ1) is 9.22. The average molecular weight is 168 g/mol. The summed E-state index contributed by atoms with van der Waals surface area (Å²) in [6.45, 7) is 3.93. The van der Waals surface area contributed by atoms with E-state index in [-0.39, 0.29) is 6.04 Å². The van der Waals surface area contributed by atoms with Crippen LogP contribution in [0.2, 0.25) is 0 Å². The van der Waals surface area contributed by atoms with E-state index in [2.05, 4.69) is 22.5 Å². The fourth-order valence-electron chi connectivity index (χ4n) is 1.05. The molecule has 4 N–H and O–H groups in total. The highest BCUT2D eigenvalue weighted by Crippen LogP contribution is 2.11. The third kappa shape index (κ3) is 2.06. The number of nitrogens with one attached hydrogen (secondary N) is 2. The zero-order valence-electron chi connectivity index (χ0n) is 7.76. The molecular weight excluding hydrogens is 152 g/mol. The van der Waals surface area contributed by atoms with Gasteiger partial charge in [0.25, 0.3) is 0 Å². The Balaban J connectivity index is 2.74. The van der Waals surface area contributed by atoms with Gasteiger partial charge in [0.15, 0.2) is 0 Å². The lowest BCUT2D eigenvalue weighted by Gasteiger charge is -2.25. The Kier molecular flexibility index (Phi) is 2.49. The second-order valence-corrected chi connectivity index (χ2v) is 3.24. The average Bonchev–Trinajstić information content (AvgIpc) is 2.01. The number of hydrogen-bond donors (Lipinski definition) is 3. The van der Waals surface area contributed by atoms with Gasteiger partial charge in [0.2, 0.25) is 0 Å². The van der Waals surface area contributed by atoms with Gasteiger partial charge in [0, 0.05) is 11.7 Å². The van der Waals surface area contributed by atoms with Crippen LogP contribution in [0, 0.1) is 0 Å². The largest absolute Gasteiger partial charge is 0.349 e. The molecule has 0 aromatic heterocycles. The van der Waals surface area contributed by atoms with Crippen molar-refractivity contribution in [3.8, 4) is 0 Å². The van der Waals surface area contributed by atoms with E-state index in [1.54, 1.807) is 6.34 Å². The first-order chi connectivity index (χ1) is 5.55. The van der Waals surface area contributed by atoms with E-state index in [1.807, 2.05) is 20.0 Å². The molecule has 0 amide bonds. The normalized spacial score (nSPS) is 30.8. The van der Waals surface area contributed by atoms with E-state index in [1.165, 1.54) is 0 Å². The summed E-state index contributed by atoms with van der Waals surface area (Å²) < 4.78 is 0. The van der Waals surface area contributed by atoms with Crippen LogP contribution < -0.4 is 16.4 Å². The van der Waals surface area contributed by atoms with Gasteiger partial charge in [-0.15, -0.1) is 0 Å². The molecule has 0 saturated heterocycles. The minimum Gasteiger partial charge on any atom is -0.349 e. The number of hydrogen-bond acceptors (Lipinski definition) is 4. The minimum absolute atomic E-state index is 0.277. The molecule has 1 aliphatic rings. The lowest BCUT2D eigenvalue weighted by Crippen LogP contribution is -2.41. The summed E-state index contributed by atoms with van der Waals surface area (Å²) >= 11 is 0. The fourth-order valence-corrected chi connectivity index (χ4v) is 1.05. The Morgan fingerprint density at radius 2 is 2.42 bits per heavy atom. The molecule has 4 heteroatoms. The maximum absolute atomic E-state index is 5.82. The summed E-state index contributed by atoms with van der Waals surface area (Å²) in [4.78, 5) is 4.07. The van der Waals surface area contributed by atoms with Gasteiger partial charge in [-0.2, -0.15) is 0 Å². The standard InChI is InChI=1S/C8H16N4/c1-6(10-3)7-4-8(2,9)12-5-11-7/h4-6,10H,9H2,1-3H3,(H,11,12). The Labute approximate surface area is 72.9 Å². The Bertz CT molecular complexity index is 217. The minimum atomic E-state index is -0.564. The monoisotopic (exact) mass is 168 g/mol. The fraction of sp³-hybridized carbons (Fsp3) is 0.625. The summed E-state index contributed by atoms with van der Waals surface area (Å²) in [7, 11) is 1.91. The van der Waals surface area contributed by atoms with Gasteiger partial charge in [0.05, 0.1) is 6.34 Å². The lowest BCUT2D eigenvalue weighted by atomic mass is 10.1. The first-order valence-corrected chi connectivity index (χ1v) is 4.04. The Hall–Kier alpha value is -0.870. The van der Waals surface area contributed by atoms with Gasteiger partial charge >= 0.3 is 0 Å². The zero-order chi connectivity index (χ0) is 9.19. The van der Waals surface area contributed by atoms with Crippen molar-refractivity contribution in [2.24, 2.45) is 10.7 Å². The molecule has 2 atom stereocenters. The van der Waals surface area contributed by atoms with Crippen molar-refractivity contribution in [2.75, 3.05) is 7.05 Å². The van der Waals surface area contributed by atoms with Crippen LogP contribution in [-0.2, 0) is 0 Å². The molecular formula is C8H16N4. The van der Waals surface area contributed by atoms with Gasteiger partial charge in [-0.3, -0.25) is 0 Å². The SMILES string of the molecule is CNC(C)C1=CC(C)(N)N=CN1. The van der Waals surface area contributed by atoms with Gasteiger partial charge in [-0.05, 0) is 27.0 Å². The van der Waals surface area contributed by atoms with E-state index >= 15 is 0 Å². The predicted octanol–water partition coefficient (Wildman–Crippen LogP) is -0.215. The summed E-state index contributed by atoms with van der Waals surface area (Å²) in [5.74, 6) is 0. The summed E-state index contributed by atoms with van der Waals surface area (Å²) in [6.07, 6.45) is 3.57. The van der Waals surface area contributed by atoms with Crippen molar-refractivity contribution in [2.45, 2.75) is 25.6 Å². The van der Waals surface area contributed by atoms with E-state index in [4.69, 9.17) is 5.73 Å². The number of nitrogens with zero attached hydrogens (tertiary/aromatic N) is 1. The van der Waals surface area contributed by atoms with Gasteiger partial charge in [0.1, 0.15) is 5.66 Å². The second kappa shape index (κ2) is 3.25. The molecule has 0 fully saturated rings. The van der Waals surface area contributed by atoms with Crippen LogP contribution in [0.3, 0.4) is 0 Å². The number of aliphatic imine (C=N–C) groups is 1. The van der Waals surface area contributed by atoms with E-state index in [0.717, 1.165) is 5.70 Å².